The number of carbonyl (C=O) groups is 1. The third-order valence-corrected chi connectivity index (χ3v) is 7.43. The second-order valence-electron chi connectivity index (χ2n) is 6.97. The lowest BCUT2D eigenvalue weighted by molar-refractivity contribution is -0.107. The summed E-state index contributed by atoms with van der Waals surface area (Å²) in [6, 6.07) is 0. The van der Waals surface area contributed by atoms with Gasteiger partial charge in [-0.15, -0.1) is 0 Å². The van der Waals surface area contributed by atoms with E-state index in [0.717, 1.165) is 29.6 Å². The van der Waals surface area contributed by atoms with E-state index in [9.17, 15) is 4.79 Å². The van der Waals surface area contributed by atoms with Crippen molar-refractivity contribution in [3.05, 3.63) is 0 Å². The average molecular weight is 375 g/mol. The van der Waals surface area contributed by atoms with Crippen molar-refractivity contribution in [1.82, 2.24) is 0 Å². The van der Waals surface area contributed by atoms with E-state index in [1.54, 1.807) is 0 Å². The lowest BCUT2D eigenvalue weighted by Crippen LogP contribution is -2.19. The van der Waals surface area contributed by atoms with Crippen molar-refractivity contribution in [3.8, 4) is 0 Å². The van der Waals surface area contributed by atoms with Gasteiger partial charge in [0.15, 0.2) is 0 Å². The second kappa shape index (κ2) is 19.7. The minimum absolute atomic E-state index is 0.752. The van der Waals surface area contributed by atoms with Crippen molar-refractivity contribution in [3.63, 3.8) is 0 Å². The van der Waals surface area contributed by atoms with E-state index < -0.39 is 0 Å². The first kappa shape index (κ1) is 24.4. The van der Waals surface area contributed by atoms with Crippen LogP contribution in [0.3, 0.4) is 0 Å². The van der Waals surface area contributed by atoms with Crippen LogP contribution in [0.15, 0.2) is 0 Å². The molecular formula is C21H42OS2. The predicted octanol–water partition coefficient (Wildman–Crippen LogP) is 7.52. The molecule has 0 saturated carbocycles. The summed E-state index contributed by atoms with van der Waals surface area (Å²) in [6.45, 7) is 2.29. The molecule has 0 aliphatic carbocycles. The van der Waals surface area contributed by atoms with Crippen LogP contribution in [0.1, 0.15) is 103 Å². The molecule has 0 aromatic rings. The van der Waals surface area contributed by atoms with Crippen LogP contribution >= 0.6 is 23.5 Å². The van der Waals surface area contributed by atoms with E-state index >= 15 is 0 Å². The highest BCUT2D eigenvalue weighted by molar-refractivity contribution is 8.03. The van der Waals surface area contributed by atoms with E-state index in [2.05, 4.69) is 43.0 Å². The van der Waals surface area contributed by atoms with E-state index in [1.807, 2.05) is 0 Å². The second-order valence-corrected chi connectivity index (χ2v) is 9.12. The summed E-state index contributed by atoms with van der Waals surface area (Å²) in [6.07, 6.45) is 25.4. The van der Waals surface area contributed by atoms with Crippen LogP contribution in [0.5, 0.6) is 0 Å². The smallest absolute Gasteiger partial charge is 0.119 e. The molecule has 24 heavy (non-hydrogen) atoms. The van der Waals surface area contributed by atoms with Gasteiger partial charge in [0.2, 0.25) is 0 Å². The highest BCUT2D eigenvalue weighted by Gasteiger charge is 2.18. The summed E-state index contributed by atoms with van der Waals surface area (Å²) >= 11 is 4.18. The van der Waals surface area contributed by atoms with Gasteiger partial charge in [0.05, 0.1) is 0 Å². The largest absolute Gasteiger partial charge is 0.303 e. The zero-order chi connectivity index (χ0) is 17.9. The molecule has 0 radical (unpaired) electrons. The Morgan fingerprint density at radius 1 is 0.667 bits per heavy atom. The molecule has 0 aromatic carbocycles. The highest BCUT2D eigenvalue weighted by atomic mass is 32.2. The Kier molecular flexibility index (Phi) is 20.0. The quantitative estimate of drug-likeness (QED) is 0.172. The molecule has 2 atom stereocenters. The summed E-state index contributed by atoms with van der Waals surface area (Å²) in [5, 5.41) is 1.68. The van der Waals surface area contributed by atoms with Crippen LogP contribution in [0.2, 0.25) is 0 Å². The third-order valence-electron chi connectivity index (χ3n) is 4.92. The van der Waals surface area contributed by atoms with Crippen LogP contribution < -0.4 is 0 Å². The minimum atomic E-state index is 0.752. The normalized spacial score (nSPS) is 13.8. The van der Waals surface area contributed by atoms with E-state index in [-0.39, 0.29) is 0 Å². The molecule has 144 valence electrons. The molecule has 0 amide bonds. The van der Waals surface area contributed by atoms with Crippen molar-refractivity contribution in [2.75, 3.05) is 12.5 Å². The van der Waals surface area contributed by atoms with E-state index in [1.165, 1.54) is 83.5 Å². The molecule has 0 aliphatic heterocycles. The van der Waals surface area contributed by atoms with Crippen molar-refractivity contribution in [2.45, 2.75) is 114 Å². The first-order valence-corrected chi connectivity index (χ1v) is 12.9. The average Bonchev–Trinajstić information content (AvgIpc) is 2.61. The number of rotatable bonds is 19. The van der Waals surface area contributed by atoms with Gasteiger partial charge >= 0.3 is 0 Å². The van der Waals surface area contributed by atoms with Crippen molar-refractivity contribution in [1.29, 1.82) is 0 Å². The van der Waals surface area contributed by atoms with Gasteiger partial charge in [-0.25, -0.2) is 0 Å². The van der Waals surface area contributed by atoms with Gasteiger partial charge < -0.3 is 4.79 Å². The molecule has 0 aliphatic rings. The number of aldehydes is 1. The fraction of sp³-hybridized carbons (Fsp3) is 0.952. The Balaban J connectivity index is 3.71. The van der Waals surface area contributed by atoms with Crippen molar-refractivity contribution < 1.29 is 4.79 Å². The Morgan fingerprint density at radius 3 is 1.50 bits per heavy atom. The van der Waals surface area contributed by atoms with Gasteiger partial charge in [-0.05, 0) is 31.8 Å². The standard InChI is InChI=1S/C21H42OS2/c1-4-5-6-7-11-14-17-20(23-2)21(24-3)18-15-12-9-8-10-13-16-19-22/h19-21H,4-18H2,1-3H3. The molecule has 0 spiro atoms. The number of unbranched alkanes of at least 4 members (excludes halogenated alkanes) is 11. The topological polar surface area (TPSA) is 17.1 Å². The fourth-order valence-electron chi connectivity index (χ4n) is 3.32. The molecule has 0 saturated heterocycles. The SMILES string of the molecule is CCCCCCCCC(SC)C(CCCCCCCCC=O)SC. The molecule has 3 heteroatoms. The first-order valence-electron chi connectivity index (χ1n) is 10.3. The van der Waals surface area contributed by atoms with Crippen LogP contribution in [0, 0.1) is 0 Å². The first-order chi connectivity index (χ1) is 11.8. The molecule has 0 rings (SSSR count). The third kappa shape index (κ3) is 14.7. The number of hydrogen-bond acceptors (Lipinski definition) is 3. The van der Waals surface area contributed by atoms with Crippen LogP contribution in [0.25, 0.3) is 0 Å². The maximum Gasteiger partial charge on any atom is 0.119 e. The molecular weight excluding hydrogens is 332 g/mol. The molecule has 2 unspecified atom stereocenters. The molecule has 0 aromatic heterocycles. The Labute approximate surface area is 160 Å². The van der Waals surface area contributed by atoms with E-state index in [4.69, 9.17) is 0 Å². The zero-order valence-electron chi connectivity index (χ0n) is 16.6. The summed E-state index contributed by atoms with van der Waals surface area (Å²) in [7, 11) is 0. The maximum atomic E-state index is 10.3. The van der Waals surface area contributed by atoms with Crippen LogP contribution in [-0.2, 0) is 4.79 Å². The summed E-state index contributed by atoms with van der Waals surface area (Å²) < 4.78 is 0. The minimum Gasteiger partial charge on any atom is -0.303 e. The lowest BCUT2D eigenvalue weighted by Gasteiger charge is -2.24. The summed E-state index contributed by atoms with van der Waals surface area (Å²) in [5.74, 6) is 0. The summed E-state index contributed by atoms with van der Waals surface area (Å²) in [5.41, 5.74) is 0. The zero-order valence-corrected chi connectivity index (χ0v) is 18.2. The fourth-order valence-corrected chi connectivity index (χ4v) is 5.67. The number of hydrogen-bond donors (Lipinski definition) is 0. The number of thioether (sulfide) groups is 2. The van der Waals surface area contributed by atoms with Gasteiger partial charge in [-0.2, -0.15) is 23.5 Å². The van der Waals surface area contributed by atoms with Crippen molar-refractivity contribution in [2.24, 2.45) is 0 Å². The predicted molar refractivity (Wildman–Crippen MR) is 116 cm³/mol. The Morgan fingerprint density at radius 2 is 1.08 bits per heavy atom. The van der Waals surface area contributed by atoms with Crippen LogP contribution in [0.4, 0.5) is 0 Å². The summed E-state index contributed by atoms with van der Waals surface area (Å²) in [4.78, 5) is 10.3. The monoisotopic (exact) mass is 374 g/mol. The molecule has 0 fully saturated rings. The Bertz CT molecular complexity index is 258. The van der Waals surface area contributed by atoms with Gasteiger partial charge in [-0.3, -0.25) is 0 Å². The van der Waals surface area contributed by atoms with Gasteiger partial charge in [0.25, 0.3) is 0 Å². The van der Waals surface area contributed by atoms with Gasteiger partial charge in [-0.1, -0.05) is 77.6 Å². The molecule has 1 nitrogen and oxygen atoms in total. The number of carbonyl (C=O) groups excluding carboxylic acids is 1. The molecule has 0 bridgehead atoms. The van der Waals surface area contributed by atoms with Gasteiger partial charge in [0.1, 0.15) is 6.29 Å². The van der Waals surface area contributed by atoms with E-state index in [0.29, 0.717) is 0 Å². The lowest BCUT2D eigenvalue weighted by atomic mass is 10.0. The highest BCUT2D eigenvalue weighted by Crippen LogP contribution is 2.30. The van der Waals surface area contributed by atoms with Crippen molar-refractivity contribution >= 4 is 29.8 Å². The molecule has 0 heterocycles. The maximum absolute atomic E-state index is 10.3. The molecule has 0 N–H and O–H groups in total. The Hall–Kier alpha value is 0.370. The van der Waals surface area contributed by atoms with Gasteiger partial charge in [0, 0.05) is 16.9 Å². The van der Waals surface area contributed by atoms with Crippen LogP contribution in [-0.4, -0.2) is 29.3 Å².